The Hall–Kier alpha value is -1.52. The molecule has 0 radical (unpaired) electrons. The Morgan fingerprint density at radius 2 is 2.05 bits per heavy atom. The van der Waals surface area contributed by atoms with Crippen molar-refractivity contribution in [3.63, 3.8) is 0 Å². The Bertz CT molecular complexity index is 672. The van der Waals surface area contributed by atoms with Crippen LogP contribution < -0.4 is 15.2 Å². The summed E-state index contributed by atoms with van der Waals surface area (Å²) in [5.74, 6) is 1.60. The smallest absolute Gasteiger partial charge is 0.128 e. The minimum absolute atomic E-state index is 0.0198. The molecule has 1 heterocycles. The highest BCUT2D eigenvalue weighted by Gasteiger charge is 2.27. The van der Waals surface area contributed by atoms with Gasteiger partial charge in [0.15, 0.2) is 0 Å². The van der Waals surface area contributed by atoms with E-state index in [1.165, 1.54) is 5.56 Å². The summed E-state index contributed by atoms with van der Waals surface area (Å²) in [4.78, 5) is 0. The van der Waals surface area contributed by atoms with E-state index in [9.17, 15) is 0 Å². The summed E-state index contributed by atoms with van der Waals surface area (Å²) in [6.07, 6.45) is 0.756. The number of ether oxygens (including phenoxy) is 2. The molecule has 3 nitrogen and oxygen atoms in total. The monoisotopic (exact) mass is 347 g/mol. The van der Waals surface area contributed by atoms with Crippen LogP contribution in [-0.2, 0) is 0 Å². The largest absolute Gasteiger partial charge is 0.497 e. The van der Waals surface area contributed by atoms with E-state index in [2.05, 4.69) is 41.1 Å². The van der Waals surface area contributed by atoms with Gasteiger partial charge >= 0.3 is 0 Å². The van der Waals surface area contributed by atoms with Gasteiger partial charge in [0.25, 0.3) is 0 Å². The number of methoxy groups -OCH3 is 1. The van der Waals surface area contributed by atoms with Crippen molar-refractivity contribution in [3.05, 3.63) is 57.6 Å². The fourth-order valence-electron chi connectivity index (χ4n) is 2.68. The highest BCUT2D eigenvalue weighted by molar-refractivity contribution is 9.10. The lowest BCUT2D eigenvalue weighted by Gasteiger charge is -2.31. The zero-order chi connectivity index (χ0) is 15.0. The van der Waals surface area contributed by atoms with Crippen LogP contribution >= 0.6 is 15.9 Å². The molecule has 2 unspecified atom stereocenters. The van der Waals surface area contributed by atoms with E-state index in [0.717, 1.165) is 33.5 Å². The maximum absolute atomic E-state index is 6.30. The molecule has 2 aromatic carbocycles. The number of hydrogen-bond acceptors (Lipinski definition) is 3. The molecule has 4 heteroatoms. The Balaban J connectivity index is 1.94. The second-order valence-corrected chi connectivity index (χ2v) is 6.22. The number of aryl methyl sites for hydroxylation is 1. The highest BCUT2D eigenvalue weighted by atomic mass is 79.9. The first-order chi connectivity index (χ1) is 10.1. The Morgan fingerprint density at radius 3 is 2.76 bits per heavy atom. The van der Waals surface area contributed by atoms with Gasteiger partial charge in [-0.15, -0.1) is 0 Å². The molecule has 1 aliphatic rings. The molecule has 110 valence electrons. The predicted molar refractivity (Wildman–Crippen MR) is 86.8 cm³/mol. The van der Waals surface area contributed by atoms with Gasteiger partial charge in [0, 0.05) is 28.6 Å². The summed E-state index contributed by atoms with van der Waals surface area (Å²) in [5.41, 5.74) is 9.69. The zero-order valence-corrected chi connectivity index (χ0v) is 13.7. The Morgan fingerprint density at radius 1 is 1.24 bits per heavy atom. The topological polar surface area (TPSA) is 44.5 Å². The van der Waals surface area contributed by atoms with Gasteiger partial charge in [0.2, 0.25) is 0 Å². The third-order valence-electron chi connectivity index (χ3n) is 3.91. The van der Waals surface area contributed by atoms with E-state index in [1.54, 1.807) is 7.11 Å². The third kappa shape index (κ3) is 2.78. The molecule has 0 fully saturated rings. The van der Waals surface area contributed by atoms with Crippen molar-refractivity contribution in [2.75, 3.05) is 7.11 Å². The van der Waals surface area contributed by atoms with E-state index in [0.29, 0.717) is 0 Å². The number of benzene rings is 2. The summed E-state index contributed by atoms with van der Waals surface area (Å²) in [5, 5.41) is 0. The lowest BCUT2D eigenvalue weighted by molar-refractivity contribution is 0.161. The lowest BCUT2D eigenvalue weighted by atomic mass is 9.93. The van der Waals surface area contributed by atoms with E-state index in [1.807, 2.05) is 18.2 Å². The standard InChI is InChI=1S/C17H18BrNO2/c1-10-7-11(3-6-14(10)18)16-9-15(19)13-5-4-12(20-2)8-17(13)21-16/h3-8,15-16H,9,19H2,1-2H3. The minimum Gasteiger partial charge on any atom is -0.497 e. The number of nitrogens with two attached hydrogens (primary N) is 1. The van der Waals surface area contributed by atoms with Crippen LogP contribution in [0.4, 0.5) is 0 Å². The van der Waals surface area contributed by atoms with Crippen LogP contribution in [0.5, 0.6) is 11.5 Å². The molecule has 3 rings (SSSR count). The summed E-state index contributed by atoms with van der Waals surface area (Å²) in [6, 6.07) is 12.1. The van der Waals surface area contributed by atoms with Crippen molar-refractivity contribution in [3.8, 4) is 11.5 Å². The van der Waals surface area contributed by atoms with Crippen molar-refractivity contribution in [1.29, 1.82) is 0 Å². The molecule has 0 aliphatic carbocycles. The SMILES string of the molecule is COc1ccc2c(c1)OC(c1ccc(Br)c(C)c1)CC2N. The van der Waals surface area contributed by atoms with Gasteiger partial charge < -0.3 is 15.2 Å². The Kier molecular flexibility index (Phi) is 3.91. The second kappa shape index (κ2) is 5.70. The van der Waals surface area contributed by atoms with Crippen molar-refractivity contribution in [1.82, 2.24) is 0 Å². The van der Waals surface area contributed by atoms with Gasteiger partial charge in [-0.05, 0) is 30.2 Å². The van der Waals surface area contributed by atoms with Crippen LogP contribution in [0.3, 0.4) is 0 Å². The van der Waals surface area contributed by atoms with Gasteiger partial charge in [0.05, 0.1) is 7.11 Å². The average molecular weight is 348 g/mol. The number of rotatable bonds is 2. The van der Waals surface area contributed by atoms with E-state index < -0.39 is 0 Å². The van der Waals surface area contributed by atoms with Crippen molar-refractivity contribution in [2.45, 2.75) is 25.5 Å². The molecule has 0 aromatic heterocycles. The third-order valence-corrected chi connectivity index (χ3v) is 4.80. The quantitative estimate of drug-likeness (QED) is 0.881. The molecule has 2 N–H and O–H groups in total. The van der Waals surface area contributed by atoms with E-state index >= 15 is 0 Å². The second-order valence-electron chi connectivity index (χ2n) is 5.36. The molecule has 2 aromatic rings. The molecule has 0 bridgehead atoms. The number of halogens is 1. The van der Waals surface area contributed by atoms with Crippen LogP contribution in [-0.4, -0.2) is 7.11 Å². The normalized spacial score (nSPS) is 20.6. The highest BCUT2D eigenvalue weighted by Crippen LogP contribution is 2.41. The first kappa shape index (κ1) is 14.4. The first-order valence-electron chi connectivity index (χ1n) is 6.94. The van der Waals surface area contributed by atoms with Crippen LogP contribution in [0.2, 0.25) is 0 Å². The van der Waals surface area contributed by atoms with Crippen LogP contribution in [0.25, 0.3) is 0 Å². The van der Waals surface area contributed by atoms with E-state index in [-0.39, 0.29) is 12.1 Å². The molecule has 2 atom stereocenters. The number of fused-ring (bicyclic) bond motifs is 1. The summed E-state index contributed by atoms with van der Waals surface area (Å²) in [7, 11) is 1.65. The number of hydrogen-bond donors (Lipinski definition) is 1. The fraction of sp³-hybridized carbons (Fsp3) is 0.294. The molecule has 0 saturated carbocycles. The van der Waals surface area contributed by atoms with Crippen molar-refractivity contribution in [2.24, 2.45) is 5.73 Å². The average Bonchev–Trinajstić information content (AvgIpc) is 2.49. The summed E-state index contributed by atoms with van der Waals surface area (Å²) >= 11 is 3.53. The lowest BCUT2D eigenvalue weighted by Crippen LogP contribution is -2.24. The molecule has 0 amide bonds. The van der Waals surface area contributed by atoms with Crippen molar-refractivity contribution >= 4 is 15.9 Å². The summed E-state index contributed by atoms with van der Waals surface area (Å²) in [6.45, 7) is 2.08. The molecular weight excluding hydrogens is 330 g/mol. The predicted octanol–water partition coefficient (Wildman–Crippen LogP) is 4.29. The van der Waals surface area contributed by atoms with Crippen LogP contribution in [0, 0.1) is 6.92 Å². The zero-order valence-electron chi connectivity index (χ0n) is 12.1. The van der Waals surface area contributed by atoms with Crippen LogP contribution in [0.15, 0.2) is 40.9 Å². The maximum Gasteiger partial charge on any atom is 0.128 e. The molecule has 0 saturated heterocycles. The van der Waals surface area contributed by atoms with Crippen LogP contribution in [0.1, 0.15) is 35.3 Å². The summed E-state index contributed by atoms with van der Waals surface area (Å²) < 4.78 is 12.5. The molecule has 21 heavy (non-hydrogen) atoms. The van der Waals surface area contributed by atoms with Gasteiger partial charge in [0.1, 0.15) is 17.6 Å². The van der Waals surface area contributed by atoms with Gasteiger partial charge in [-0.2, -0.15) is 0 Å². The van der Waals surface area contributed by atoms with E-state index in [4.69, 9.17) is 15.2 Å². The van der Waals surface area contributed by atoms with Gasteiger partial charge in [-0.3, -0.25) is 0 Å². The van der Waals surface area contributed by atoms with Gasteiger partial charge in [-0.25, -0.2) is 0 Å². The Labute approximate surface area is 133 Å². The minimum atomic E-state index is -0.0218. The molecule has 0 spiro atoms. The maximum atomic E-state index is 6.30. The molecule has 1 aliphatic heterocycles. The first-order valence-corrected chi connectivity index (χ1v) is 7.74. The fourth-order valence-corrected chi connectivity index (χ4v) is 2.93. The van der Waals surface area contributed by atoms with Crippen molar-refractivity contribution < 1.29 is 9.47 Å². The molecular formula is C17H18BrNO2. The van der Waals surface area contributed by atoms with Gasteiger partial charge in [-0.1, -0.05) is 34.1 Å².